The third-order valence-electron chi connectivity index (χ3n) is 3.29. The third-order valence-corrected chi connectivity index (χ3v) is 3.58. The Hall–Kier alpha value is -1.37. The van der Waals surface area contributed by atoms with E-state index >= 15 is 0 Å². The van der Waals surface area contributed by atoms with Gasteiger partial charge in [0.15, 0.2) is 5.82 Å². The molecule has 1 aromatic heterocycles. The van der Waals surface area contributed by atoms with E-state index in [4.69, 9.17) is 22.2 Å². The molecule has 1 amide bonds. The molecule has 19 heavy (non-hydrogen) atoms. The van der Waals surface area contributed by atoms with E-state index in [-0.39, 0.29) is 12.0 Å². The highest BCUT2D eigenvalue weighted by molar-refractivity contribution is 6.33. The summed E-state index contributed by atoms with van der Waals surface area (Å²) in [6.07, 6.45) is 3.43. The van der Waals surface area contributed by atoms with Gasteiger partial charge in [-0.2, -0.15) is 0 Å². The summed E-state index contributed by atoms with van der Waals surface area (Å²) < 4.78 is 5.28. The van der Waals surface area contributed by atoms with Crippen molar-refractivity contribution in [1.29, 1.82) is 0 Å². The van der Waals surface area contributed by atoms with E-state index < -0.39 is 0 Å². The number of hydrogen-bond acceptors (Lipinski definition) is 5. The van der Waals surface area contributed by atoms with Gasteiger partial charge in [-0.25, -0.2) is 10.8 Å². The first-order valence-corrected chi connectivity index (χ1v) is 6.47. The lowest BCUT2D eigenvalue weighted by Crippen LogP contribution is -2.40. The number of aromatic nitrogens is 1. The second-order valence-corrected chi connectivity index (χ2v) is 4.83. The molecular weight excluding hydrogens is 268 g/mol. The van der Waals surface area contributed by atoms with Crippen molar-refractivity contribution >= 4 is 23.3 Å². The molecule has 0 aromatic carbocycles. The Morgan fingerprint density at radius 2 is 2.26 bits per heavy atom. The van der Waals surface area contributed by atoms with Gasteiger partial charge in [-0.15, -0.1) is 0 Å². The van der Waals surface area contributed by atoms with Crippen molar-refractivity contribution in [1.82, 2.24) is 9.88 Å². The minimum atomic E-state index is -0.0625. The summed E-state index contributed by atoms with van der Waals surface area (Å²) in [5.74, 6) is 5.54. The van der Waals surface area contributed by atoms with E-state index in [1.54, 1.807) is 18.1 Å². The van der Waals surface area contributed by atoms with Crippen LogP contribution in [0, 0.1) is 0 Å². The quantitative estimate of drug-likeness (QED) is 0.645. The standard InChI is InChI=1S/C12H17ClN4O2/c1-19-9-2-4-17(5-3-9)12(18)8-6-10(13)11(16-14)15-7-8/h6-7,9H,2-5,14H2,1H3,(H,15,16). The Morgan fingerprint density at radius 3 is 2.79 bits per heavy atom. The zero-order valence-corrected chi connectivity index (χ0v) is 11.5. The molecule has 3 N–H and O–H groups in total. The number of rotatable bonds is 3. The van der Waals surface area contributed by atoms with E-state index in [1.807, 2.05) is 0 Å². The summed E-state index contributed by atoms with van der Waals surface area (Å²) in [5, 5.41) is 0.333. The first-order valence-electron chi connectivity index (χ1n) is 6.10. The molecule has 1 saturated heterocycles. The van der Waals surface area contributed by atoms with Crippen LogP contribution >= 0.6 is 11.6 Å². The monoisotopic (exact) mass is 284 g/mol. The highest BCUT2D eigenvalue weighted by Gasteiger charge is 2.24. The number of piperidine rings is 1. The van der Waals surface area contributed by atoms with Gasteiger partial charge in [0.25, 0.3) is 5.91 Å². The van der Waals surface area contributed by atoms with Crippen molar-refractivity contribution in [3.8, 4) is 0 Å². The van der Waals surface area contributed by atoms with Gasteiger partial charge in [-0.1, -0.05) is 11.6 Å². The van der Waals surface area contributed by atoms with Crippen LogP contribution in [-0.4, -0.2) is 42.1 Å². The van der Waals surface area contributed by atoms with Crippen LogP contribution in [0.25, 0.3) is 0 Å². The number of anilines is 1. The number of methoxy groups -OCH3 is 1. The van der Waals surface area contributed by atoms with Crippen LogP contribution in [0.3, 0.4) is 0 Å². The van der Waals surface area contributed by atoms with Gasteiger partial charge < -0.3 is 15.1 Å². The van der Waals surface area contributed by atoms with Gasteiger partial charge >= 0.3 is 0 Å². The molecule has 6 nitrogen and oxygen atoms in total. The zero-order chi connectivity index (χ0) is 13.8. The van der Waals surface area contributed by atoms with Crippen LogP contribution in [0.5, 0.6) is 0 Å². The van der Waals surface area contributed by atoms with Gasteiger partial charge in [0.05, 0.1) is 16.7 Å². The minimum Gasteiger partial charge on any atom is -0.381 e. The second kappa shape index (κ2) is 6.18. The number of carbonyl (C=O) groups excluding carboxylic acids is 1. The van der Waals surface area contributed by atoms with Crippen LogP contribution in [0.15, 0.2) is 12.3 Å². The van der Waals surface area contributed by atoms with Gasteiger partial charge in [-0.05, 0) is 18.9 Å². The maximum Gasteiger partial charge on any atom is 0.255 e. The number of ether oxygens (including phenoxy) is 1. The van der Waals surface area contributed by atoms with Crippen molar-refractivity contribution in [2.75, 3.05) is 25.6 Å². The number of nitrogen functional groups attached to an aromatic ring is 1. The Bertz CT molecular complexity index is 461. The number of nitrogens with zero attached hydrogens (tertiary/aromatic N) is 2. The average Bonchev–Trinajstić information content (AvgIpc) is 2.46. The van der Waals surface area contributed by atoms with Gasteiger partial charge in [-0.3, -0.25) is 4.79 Å². The predicted molar refractivity (Wildman–Crippen MR) is 73.0 cm³/mol. The molecule has 104 valence electrons. The van der Waals surface area contributed by atoms with Crippen LogP contribution in [0.1, 0.15) is 23.2 Å². The number of hydrazine groups is 1. The molecule has 0 spiro atoms. The normalized spacial score (nSPS) is 16.5. The number of amides is 1. The smallest absolute Gasteiger partial charge is 0.255 e. The van der Waals surface area contributed by atoms with Crippen molar-refractivity contribution in [3.05, 3.63) is 22.8 Å². The maximum absolute atomic E-state index is 12.3. The van der Waals surface area contributed by atoms with Gasteiger partial charge in [0.1, 0.15) is 0 Å². The van der Waals surface area contributed by atoms with Crippen LogP contribution in [-0.2, 0) is 4.74 Å². The average molecular weight is 285 g/mol. The maximum atomic E-state index is 12.3. The number of carbonyl (C=O) groups is 1. The molecule has 7 heteroatoms. The highest BCUT2D eigenvalue weighted by atomic mass is 35.5. The number of hydrogen-bond donors (Lipinski definition) is 2. The van der Waals surface area contributed by atoms with Gasteiger partial charge in [0.2, 0.25) is 0 Å². The van der Waals surface area contributed by atoms with Crippen LogP contribution in [0.2, 0.25) is 5.02 Å². The molecule has 0 unspecified atom stereocenters. The molecule has 0 radical (unpaired) electrons. The molecular formula is C12H17ClN4O2. The van der Waals surface area contributed by atoms with Crippen molar-refractivity contribution in [2.45, 2.75) is 18.9 Å². The first kappa shape index (κ1) is 14.0. The molecule has 2 rings (SSSR count). The third kappa shape index (κ3) is 3.15. The van der Waals surface area contributed by atoms with Crippen molar-refractivity contribution in [2.24, 2.45) is 5.84 Å². The molecule has 1 aromatic rings. The van der Waals surface area contributed by atoms with Crippen molar-refractivity contribution in [3.63, 3.8) is 0 Å². The van der Waals surface area contributed by atoms with Crippen LogP contribution in [0.4, 0.5) is 5.82 Å². The fourth-order valence-corrected chi connectivity index (χ4v) is 2.36. The van der Waals surface area contributed by atoms with E-state index in [1.165, 1.54) is 6.20 Å². The second-order valence-electron chi connectivity index (χ2n) is 4.43. The molecule has 1 aliphatic heterocycles. The Morgan fingerprint density at radius 1 is 1.58 bits per heavy atom. The summed E-state index contributed by atoms with van der Waals surface area (Å²) >= 11 is 5.96. The fourth-order valence-electron chi connectivity index (χ4n) is 2.14. The van der Waals surface area contributed by atoms with E-state index in [0.29, 0.717) is 29.5 Å². The summed E-state index contributed by atoms with van der Waals surface area (Å²) in [4.78, 5) is 18.1. The van der Waals surface area contributed by atoms with Crippen LogP contribution < -0.4 is 11.3 Å². The van der Waals surface area contributed by atoms with E-state index in [9.17, 15) is 4.79 Å². The molecule has 0 saturated carbocycles. The number of halogens is 1. The van der Waals surface area contributed by atoms with Crippen molar-refractivity contribution < 1.29 is 9.53 Å². The molecule has 2 heterocycles. The van der Waals surface area contributed by atoms with Gasteiger partial charge in [0, 0.05) is 26.4 Å². The largest absolute Gasteiger partial charge is 0.381 e. The predicted octanol–water partition coefficient (Wildman–Crippen LogP) is 1.27. The Balaban J connectivity index is 2.06. The Labute approximate surface area is 116 Å². The lowest BCUT2D eigenvalue weighted by Gasteiger charge is -2.31. The molecule has 0 atom stereocenters. The minimum absolute atomic E-state index is 0.0625. The summed E-state index contributed by atoms with van der Waals surface area (Å²) in [5.41, 5.74) is 2.84. The SMILES string of the molecule is COC1CCN(C(=O)c2cnc(NN)c(Cl)c2)CC1. The molecule has 0 bridgehead atoms. The number of pyridine rings is 1. The first-order chi connectivity index (χ1) is 9.15. The number of nitrogens with two attached hydrogens (primary N) is 1. The highest BCUT2D eigenvalue weighted by Crippen LogP contribution is 2.21. The molecule has 1 fully saturated rings. The van der Waals surface area contributed by atoms with E-state index in [2.05, 4.69) is 10.4 Å². The lowest BCUT2D eigenvalue weighted by atomic mass is 10.1. The summed E-state index contributed by atoms with van der Waals surface area (Å²) in [6, 6.07) is 1.58. The number of likely N-dealkylation sites (tertiary alicyclic amines) is 1. The fraction of sp³-hybridized carbons (Fsp3) is 0.500. The number of nitrogens with one attached hydrogen (secondary N) is 1. The topological polar surface area (TPSA) is 80.5 Å². The summed E-state index contributed by atoms with van der Waals surface area (Å²) in [6.45, 7) is 1.37. The Kier molecular flexibility index (Phi) is 4.57. The zero-order valence-electron chi connectivity index (χ0n) is 10.7. The van der Waals surface area contributed by atoms with E-state index in [0.717, 1.165) is 12.8 Å². The summed E-state index contributed by atoms with van der Waals surface area (Å²) in [7, 11) is 1.70. The molecule has 0 aliphatic carbocycles. The molecule has 1 aliphatic rings. The lowest BCUT2D eigenvalue weighted by molar-refractivity contribution is 0.0350.